The fourth-order valence-electron chi connectivity index (χ4n) is 3.75. The van der Waals surface area contributed by atoms with Gasteiger partial charge in [-0.15, -0.1) is 0 Å². The van der Waals surface area contributed by atoms with Crippen LogP contribution in [0.2, 0.25) is 0 Å². The van der Waals surface area contributed by atoms with Gasteiger partial charge < -0.3 is 19.8 Å². The van der Waals surface area contributed by atoms with E-state index >= 15 is 0 Å². The summed E-state index contributed by atoms with van der Waals surface area (Å²) in [6, 6.07) is 9.56. The van der Waals surface area contributed by atoms with E-state index < -0.39 is 0 Å². The van der Waals surface area contributed by atoms with E-state index in [1.165, 1.54) is 0 Å². The van der Waals surface area contributed by atoms with Gasteiger partial charge in [-0.3, -0.25) is 9.79 Å². The van der Waals surface area contributed by atoms with Crippen molar-refractivity contribution in [3.63, 3.8) is 0 Å². The number of aromatic amines is 1. The normalized spacial score (nSPS) is 13.2. The number of anilines is 2. The summed E-state index contributed by atoms with van der Waals surface area (Å²) in [6.45, 7) is 0.478. The van der Waals surface area contributed by atoms with Gasteiger partial charge in [-0.1, -0.05) is 6.08 Å². The summed E-state index contributed by atoms with van der Waals surface area (Å²) < 4.78 is 1.90. The van der Waals surface area contributed by atoms with Crippen LogP contribution >= 0.6 is 0 Å². The van der Waals surface area contributed by atoms with Gasteiger partial charge in [0.05, 0.1) is 30.0 Å². The molecule has 0 saturated carbocycles. The highest BCUT2D eigenvalue weighted by molar-refractivity contribution is 5.98. The number of imidazole rings is 1. The molecule has 1 aromatic carbocycles. The number of aliphatic imine (C=N–C) groups is 1. The molecule has 2 N–H and O–H groups in total. The van der Waals surface area contributed by atoms with Crippen molar-refractivity contribution in [2.75, 3.05) is 12.4 Å². The van der Waals surface area contributed by atoms with Crippen molar-refractivity contribution < 1.29 is 4.79 Å². The number of rotatable bonds is 6. The molecule has 4 aromatic rings. The molecule has 4 heterocycles. The van der Waals surface area contributed by atoms with Gasteiger partial charge in [0.15, 0.2) is 0 Å². The highest BCUT2D eigenvalue weighted by atomic mass is 16.2. The number of hydrogen-bond acceptors (Lipinski definition) is 6. The Bertz CT molecular complexity index is 1380. The Morgan fingerprint density at radius 3 is 2.94 bits per heavy atom. The lowest BCUT2D eigenvalue weighted by Gasteiger charge is -2.16. The zero-order valence-electron chi connectivity index (χ0n) is 18.5. The molecule has 166 valence electrons. The number of nitrogens with one attached hydrogen (secondary N) is 2. The number of H-pyrrole nitrogens is 1. The summed E-state index contributed by atoms with van der Waals surface area (Å²) in [4.78, 5) is 35.3. The molecule has 9 heteroatoms. The highest BCUT2D eigenvalue weighted by Crippen LogP contribution is 2.24. The Morgan fingerprint density at radius 2 is 2.15 bits per heavy atom. The zero-order chi connectivity index (χ0) is 22.8. The fraction of sp³-hybridized carbons (Fsp3) is 0.208. The Labute approximate surface area is 190 Å². The molecule has 1 aliphatic heterocycles. The molecule has 0 unspecified atom stereocenters. The van der Waals surface area contributed by atoms with Crippen molar-refractivity contribution in [2.24, 2.45) is 12.0 Å². The molecular weight excluding hydrogens is 416 g/mol. The Hall–Kier alpha value is -4.27. The van der Waals surface area contributed by atoms with E-state index in [4.69, 9.17) is 0 Å². The lowest BCUT2D eigenvalue weighted by molar-refractivity contribution is 0.0777. The smallest absolute Gasteiger partial charge is 0.270 e. The molecule has 3 aromatic heterocycles. The van der Waals surface area contributed by atoms with Crippen LogP contribution in [0.5, 0.6) is 0 Å². The van der Waals surface area contributed by atoms with Gasteiger partial charge >= 0.3 is 0 Å². The first kappa shape index (κ1) is 20.6. The molecule has 0 radical (unpaired) electrons. The number of hydrogen-bond donors (Lipinski definition) is 2. The minimum atomic E-state index is -0.0840. The highest BCUT2D eigenvalue weighted by Gasteiger charge is 2.16. The van der Waals surface area contributed by atoms with Gasteiger partial charge in [-0.25, -0.2) is 15.0 Å². The minimum Gasteiger partial charge on any atom is -0.351 e. The predicted molar refractivity (Wildman–Crippen MR) is 128 cm³/mol. The quantitative estimate of drug-likeness (QED) is 0.473. The average Bonchev–Trinajstić information content (AvgIpc) is 3.45. The van der Waals surface area contributed by atoms with Gasteiger partial charge in [-0.2, -0.15) is 0 Å². The third kappa shape index (κ3) is 4.38. The number of carbonyl (C=O) groups is 1. The summed E-state index contributed by atoms with van der Waals surface area (Å²) in [5, 5.41) is 4.18. The standard InChI is InChI=1S/C24H24N8O/c1-31(14-18-13-25-15-32(18)2)23(33)22-12-16-11-17(6-7-19(16)29-22)28-24-27-10-8-21(30-24)20-5-3-4-9-26-20/h5-13,15,29H,3-4,14H2,1-2H3,(H,27,28,30). The van der Waals surface area contributed by atoms with Crippen molar-refractivity contribution >= 4 is 40.4 Å². The molecule has 33 heavy (non-hydrogen) atoms. The fourth-order valence-corrected chi connectivity index (χ4v) is 3.75. The SMILES string of the molecule is CN(Cc1cncn1C)C(=O)c1cc2cc(Nc3nccc(C4=CCCC=N4)n3)ccc2[nH]1. The largest absolute Gasteiger partial charge is 0.351 e. The maximum absolute atomic E-state index is 12.9. The van der Waals surface area contributed by atoms with Crippen LogP contribution in [-0.2, 0) is 13.6 Å². The van der Waals surface area contributed by atoms with E-state index in [0.717, 1.165) is 46.5 Å². The van der Waals surface area contributed by atoms with Crippen LogP contribution in [0.1, 0.15) is 34.7 Å². The van der Waals surface area contributed by atoms with Gasteiger partial charge in [0.2, 0.25) is 5.95 Å². The predicted octanol–water partition coefficient (Wildman–Crippen LogP) is 3.91. The first-order valence-corrected chi connectivity index (χ1v) is 10.7. The topological polar surface area (TPSA) is 104 Å². The first-order chi connectivity index (χ1) is 16.1. The third-order valence-electron chi connectivity index (χ3n) is 5.55. The number of nitrogens with zero attached hydrogens (tertiary/aromatic N) is 6. The first-order valence-electron chi connectivity index (χ1n) is 10.7. The minimum absolute atomic E-state index is 0.0840. The lowest BCUT2D eigenvalue weighted by Crippen LogP contribution is -2.27. The van der Waals surface area contributed by atoms with Crippen molar-refractivity contribution in [3.8, 4) is 0 Å². The lowest BCUT2D eigenvalue weighted by atomic mass is 10.2. The van der Waals surface area contributed by atoms with Crippen molar-refractivity contribution in [2.45, 2.75) is 19.4 Å². The summed E-state index contributed by atoms with van der Waals surface area (Å²) in [5.41, 5.74) is 4.87. The van der Waals surface area contributed by atoms with Crippen LogP contribution < -0.4 is 5.32 Å². The molecule has 0 bridgehead atoms. The molecule has 0 saturated heterocycles. The second kappa shape index (κ2) is 8.70. The zero-order valence-corrected chi connectivity index (χ0v) is 18.5. The van der Waals surface area contributed by atoms with Crippen LogP contribution in [0.25, 0.3) is 16.6 Å². The molecule has 0 aliphatic carbocycles. The Kier molecular flexibility index (Phi) is 5.43. The summed E-state index contributed by atoms with van der Waals surface area (Å²) >= 11 is 0. The van der Waals surface area contributed by atoms with Crippen LogP contribution in [0.3, 0.4) is 0 Å². The molecule has 1 amide bonds. The number of carbonyl (C=O) groups excluding carboxylic acids is 1. The van der Waals surface area contributed by atoms with E-state index in [-0.39, 0.29) is 5.91 Å². The van der Waals surface area contributed by atoms with E-state index in [0.29, 0.717) is 18.2 Å². The van der Waals surface area contributed by atoms with Gasteiger partial charge in [0, 0.05) is 49.3 Å². The Balaban J connectivity index is 1.33. The molecular formula is C24H24N8O. The van der Waals surface area contributed by atoms with Crippen LogP contribution in [0, 0.1) is 0 Å². The van der Waals surface area contributed by atoms with Gasteiger partial charge in [0.25, 0.3) is 5.91 Å². The molecule has 5 rings (SSSR count). The Morgan fingerprint density at radius 1 is 1.24 bits per heavy atom. The molecule has 9 nitrogen and oxygen atoms in total. The molecule has 0 spiro atoms. The monoisotopic (exact) mass is 440 g/mol. The number of aryl methyl sites for hydroxylation is 1. The van der Waals surface area contributed by atoms with Crippen LogP contribution in [0.4, 0.5) is 11.6 Å². The van der Waals surface area contributed by atoms with Crippen molar-refractivity contribution in [1.82, 2.24) is 29.4 Å². The number of fused-ring (bicyclic) bond motifs is 1. The maximum Gasteiger partial charge on any atom is 0.270 e. The van der Waals surface area contributed by atoms with Gasteiger partial charge in [0.1, 0.15) is 5.69 Å². The van der Waals surface area contributed by atoms with Gasteiger partial charge in [-0.05, 0) is 43.2 Å². The number of benzene rings is 1. The van der Waals surface area contributed by atoms with Crippen LogP contribution in [0.15, 0.2) is 60.1 Å². The number of allylic oxidation sites excluding steroid dienone is 1. The second-order valence-electron chi connectivity index (χ2n) is 8.01. The third-order valence-corrected chi connectivity index (χ3v) is 5.55. The summed E-state index contributed by atoms with van der Waals surface area (Å²) in [7, 11) is 3.70. The second-order valence-corrected chi connectivity index (χ2v) is 8.01. The molecule has 0 atom stereocenters. The van der Waals surface area contributed by atoms with E-state index in [9.17, 15) is 4.79 Å². The molecule has 1 aliphatic rings. The average molecular weight is 441 g/mol. The van der Waals surface area contributed by atoms with E-state index in [2.05, 4.69) is 36.3 Å². The van der Waals surface area contributed by atoms with E-state index in [1.54, 1.807) is 30.7 Å². The molecule has 0 fully saturated rings. The number of amides is 1. The number of aromatic nitrogens is 5. The van der Waals surface area contributed by atoms with Crippen molar-refractivity contribution in [3.05, 3.63) is 72.2 Å². The van der Waals surface area contributed by atoms with Crippen molar-refractivity contribution in [1.29, 1.82) is 0 Å². The van der Waals surface area contributed by atoms with E-state index in [1.807, 2.05) is 48.2 Å². The summed E-state index contributed by atoms with van der Waals surface area (Å²) in [6.07, 6.45) is 11.1. The summed E-state index contributed by atoms with van der Waals surface area (Å²) in [5.74, 6) is 0.413. The maximum atomic E-state index is 12.9. The van der Waals surface area contributed by atoms with Crippen LogP contribution in [-0.4, -0.2) is 48.6 Å².